The van der Waals surface area contributed by atoms with Crippen molar-refractivity contribution in [2.45, 2.75) is 13.8 Å². The van der Waals surface area contributed by atoms with Crippen LogP contribution in [0.3, 0.4) is 0 Å². The van der Waals surface area contributed by atoms with Crippen molar-refractivity contribution in [3.63, 3.8) is 0 Å². The molecule has 0 unspecified atom stereocenters. The van der Waals surface area contributed by atoms with E-state index in [9.17, 15) is 0 Å². The molecular formula is C54H37FN4U. The van der Waals surface area contributed by atoms with Gasteiger partial charge in [-0.3, -0.25) is 0 Å². The van der Waals surface area contributed by atoms with Crippen LogP contribution in [-0.2, 0) is 0 Å². The summed E-state index contributed by atoms with van der Waals surface area (Å²) in [5.74, 6) is 0.0683. The minimum Gasteiger partial charge on any atom is -0.359 e. The van der Waals surface area contributed by atoms with Crippen LogP contribution < -0.4 is 0 Å². The Hall–Kier alpha value is -6.58. The van der Waals surface area contributed by atoms with Gasteiger partial charge in [0.25, 0.3) is 0 Å². The third-order valence-electron chi connectivity index (χ3n) is 11.0. The second kappa shape index (κ2) is 16.2. The van der Waals surface area contributed by atoms with E-state index in [0.717, 1.165) is 77.2 Å². The van der Waals surface area contributed by atoms with Gasteiger partial charge in [-0.05, 0) is 48.9 Å². The van der Waals surface area contributed by atoms with Gasteiger partial charge in [-0.25, -0.2) is 25.5 Å². The molecule has 2 aromatic heterocycles. The van der Waals surface area contributed by atoms with Crippen molar-refractivity contribution < 1.29 is 35.5 Å². The zero-order valence-corrected chi connectivity index (χ0v) is 37.3. The summed E-state index contributed by atoms with van der Waals surface area (Å²) in [6.45, 7) is 8.53. The Labute approximate surface area is 372 Å². The maximum absolute atomic E-state index is 15.4. The number of rotatable bonds is 7. The van der Waals surface area contributed by atoms with Crippen LogP contribution in [0.4, 0.5) is 4.39 Å². The third kappa shape index (κ3) is 6.82. The number of hydrogen-bond donors (Lipinski definition) is 0. The predicted octanol–water partition coefficient (Wildman–Crippen LogP) is 13.5. The van der Waals surface area contributed by atoms with Crippen molar-refractivity contribution in [3.05, 3.63) is 223 Å². The number of hydrogen-bond acceptors (Lipinski definition) is 1. The summed E-state index contributed by atoms with van der Waals surface area (Å²) < 4.78 is 20.0. The Morgan fingerprint density at radius 1 is 0.567 bits per heavy atom. The number of halogens is 1. The van der Waals surface area contributed by atoms with Gasteiger partial charge < -0.3 is 9.13 Å². The van der Waals surface area contributed by atoms with Crippen molar-refractivity contribution in [1.29, 1.82) is 0 Å². The normalized spacial score (nSPS) is 12.1. The zero-order valence-electron chi connectivity index (χ0n) is 33.1. The van der Waals surface area contributed by atoms with E-state index in [1.807, 2.05) is 73.7 Å². The van der Waals surface area contributed by atoms with E-state index in [1.54, 1.807) is 6.07 Å². The maximum atomic E-state index is 15.4. The topological polar surface area (TPSA) is 34.6 Å². The fraction of sp³-hybridized carbons (Fsp3) is 0.0370. The molecule has 0 aliphatic carbocycles. The van der Waals surface area contributed by atoms with Gasteiger partial charge in [0.05, 0.1) is 16.7 Å². The van der Waals surface area contributed by atoms with Gasteiger partial charge in [0.1, 0.15) is 0 Å². The average Bonchev–Trinajstić information content (AvgIpc) is 3.80. The molecule has 6 heteroatoms. The fourth-order valence-electron chi connectivity index (χ4n) is 8.36. The zero-order chi connectivity index (χ0) is 40.0. The number of fused-ring (bicyclic) bond motifs is 6. The molecule has 0 spiro atoms. The van der Waals surface area contributed by atoms with E-state index >= 15 is 4.39 Å². The molecule has 0 amide bonds. The average molecular weight is 999 g/mol. The number of aryl methyl sites for hydroxylation is 1. The molecule has 0 saturated carbocycles. The van der Waals surface area contributed by atoms with Crippen molar-refractivity contribution in [2.24, 2.45) is 9.98 Å². The predicted molar refractivity (Wildman–Crippen MR) is 244 cm³/mol. The Kier molecular flexibility index (Phi) is 10.5. The Morgan fingerprint density at radius 2 is 1.10 bits per heavy atom. The molecular weight excluding hydrogens is 962 g/mol. The largest absolute Gasteiger partial charge is 2.00 e. The first-order chi connectivity index (χ1) is 28.9. The number of amidine groups is 1. The van der Waals surface area contributed by atoms with Gasteiger partial charge >= 0.3 is 31.1 Å². The van der Waals surface area contributed by atoms with Crippen LogP contribution in [0.15, 0.2) is 192 Å². The van der Waals surface area contributed by atoms with Gasteiger partial charge in [0.2, 0.25) is 0 Å². The van der Waals surface area contributed by atoms with Crippen LogP contribution in [0, 0.1) is 56.0 Å². The van der Waals surface area contributed by atoms with Crippen molar-refractivity contribution in [3.8, 4) is 22.5 Å². The van der Waals surface area contributed by atoms with Crippen LogP contribution in [0.1, 0.15) is 29.2 Å². The van der Waals surface area contributed by atoms with Gasteiger partial charge in [-0.1, -0.05) is 151 Å². The Morgan fingerprint density at radius 3 is 1.73 bits per heavy atom. The molecule has 0 aliphatic heterocycles. The quantitative estimate of drug-likeness (QED) is 0.0866. The smallest absolute Gasteiger partial charge is 0.359 e. The monoisotopic (exact) mass is 998 g/mol. The second-order valence-electron chi connectivity index (χ2n) is 14.7. The fourth-order valence-corrected chi connectivity index (χ4v) is 8.36. The summed E-state index contributed by atoms with van der Waals surface area (Å²) in [4.78, 5) is 10.5. The summed E-state index contributed by atoms with van der Waals surface area (Å²) in [5.41, 5.74) is 12.0. The summed E-state index contributed by atoms with van der Waals surface area (Å²) in [6, 6.07) is 65.8. The standard InChI is InChI=1S/C54H37FN4.U/c1-35-18-16-28-46-45-27-12-15-31-51(45)59(52(35)46)53-47(37(3)57-54(39-21-8-5-9-22-39)56-36(2)38-19-6-4-7-20-38)33-42(34-48(53)40-23-17-24-41(55)32-40)58-49-29-13-10-25-43(49)44-26-11-14-30-50(44)58;/h4-31,33H,2H2,1,3H3;/q-2;+2. The number of nitrogens with zero attached hydrogens (tertiary/aromatic N) is 4. The van der Waals surface area contributed by atoms with Crippen molar-refractivity contribution in [1.82, 2.24) is 9.13 Å². The summed E-state index contributed by atoms with van der Waals surface area (Å²) in [6.07, 6.45) is 0. The number of benzene rings is 8. The minimum atomic E-state index is -0.451. The first-order valence-corrected chi connectivity index (χ1v) is 19.6. The van der Waals surface area contributed by atoms with Crippen LogP contribution in [0.2, 0.25) is 0 Å². The molecule has 0 aliphatic rings. The molecule has 0 saturated heterocycles. The first kappa shape index (κ1) is 38.9. The molecule has 10 rings (SSSR count). The molecule has 0 fully saturated rings. The van der Waals surface area contributed by atoms with Crippen LogP contribution in [-0.4, -0.2) is 20.7 Å². The molecule has 2 heterocycles. The Bertz CT molecular complexity index is 3270. The van der Waals surface area contributed by atoms with E-state index < -0.39 is 5.82 Å². The van der Waals surface area contributed by atoms with Gasteiger partial charge in [-0.15, -0.1) is 12.1 Å². The van der Waals surface area contributed by atoms with E-state index in [-0.39, 0.29) is 31.1 Å². The summed E-state index contributed by atoms with van der Waals surface area (Å²) >= 11 is 0. The summed E-state index contributed by atoms with van der Waals surface area (Å²) in [5, 5.41) is 4.48. The van der Waals surface area contributed by atoms with Crippen LogP contribution >= 0.6 is 0 Å². The van der Waals surface area contributed by atoms with E-state index in [1.165, 1.54) is 6.07 Å². The molecule has 0 radical (unpaired) electrons. The molecule has 0 N–H and O–H groups in total. The molecule has 8 aromatic carbocycles. The van der Waals surface area contributed by atoms with E-state index in [2.05, 4.69) is 132 Å². The van der Waals surface area contributed by atoms with Crippen molar-refractivity contribution in [2.75, 3.05) is 0 Å². The first-order valence-electron chi connectivity index (χ1n) is 19.6. The molecule has 0 bridgehead atoms. The van der Waals surface area contributed by atoms with Crippen molar-refractivity contribution >= 4 is 60.9 Å². The number of aliphatic imine (C=N–C) groups is 2. The number of para-hydroxylation sites is 4. The maximum Gasteiger partial charge on any atom is 2.00 e. The third-order valence-corrected chi connectivity index (χ3v) is 11.0. The SMILES string of the molecule is C=C(N=C(N=C(C)c1cc(-n2c3ccccc3c3ccccc32)[c-]c(-c2[c-]c(F)ccc2)c1-n1c2ccccc2c2cccc(C)c21)c1ccccc1)c1ccccc1.[U+2]. The van der Waals surface area contributed by atoms with Gasteiger partial charge in [0.15, 0.2) is 5.84 Å². The van der Waals surface area contributed by atoms with Crippen LogP contribution in [0.25, 0.3) is 71.8 Å². The number of aromatic nitrogens is 2. The molecule has 284 valence electrons. The Balaban J connectivity index is 0.00000462. The molecule has 60 heavy (non-hydrogen) atoms. The molecule has 4 nitrogen and oxygen atoms in total. The molecule has 10 aromatic rings. The van der Waals surface area contributed by atoms with Gasteiger partial charge in [0, 0.05) is 49.7 Å². The van der Waals surface area contributed by atoms with Crippen LogP contribution in [0.5, 0.6) is 0 Å². The second-order valence-corrected chi connectivity index (χ2v) is 14.7. The summed E-state index contributed by atoms with van der Waals surface area (Å²) in [7, 11) is 0. The van der Waals surface area contributed by atoms with E-state index in [4.69, 9.17) is 9.98 Å². The van der Waals surface area contributed by atoms with Gasteiger partial charge in [-0.2, -0.15) is 24.3 Å². The minimum absolute atomic E-state index is 0. The molecule has 0 atom stereocenters. The van der Waals surface area contributed by atoms with E-state index in [0.29, 0.717) is 28.4 Å².